The van der Waals surface area contributed by atoms with Gasteiger partial charge in [0.15, 0.2) is 32.9 Å². The van der Waals surface area contributed by atoms with Crippen LogP contribution in [0, 0.1) is 11.6 Å². The molecular weight excluding hydrogens is 498 g/mol. The lowest BCUT2D eigenvalue weighted by Crippen LogP contribution is -2.29. The first-order valence-corrected chi connectivity index (χ1v) is 13.5. The molecular formula is C28H28F2N2O4S. The largest absolute Gasteiger partial charge is 0.480 e. The average Bonchev–Trinajstić information content (AvgIpc) is 3.18. The van der Waals surface area contributed by atoms with E-state index in [4.69, 9.17) is 9.72 Å². The van der Waals surface area contributed by atoms with Gasteiger partial charge in [0.1, 0.15) is 11.5 Å². The Hall–Kier alpha value is -3.59. The summed E-state index contributed by atoms with van der Waals surface area (Å²) in [5.74, 6) is -1.16. The van der Waals surface area contributed by atoms with E-state index in [2.05, 4.69) is 0 Å². The number of sulfone groups is 1. The fraction of sp³-hybridized carbons (Fsp3) is 0.286. The fourth-order valence-electron chi connectivity index (χ4n) is 4.27. The van der Waals surface area contributed by atoms with Crippen LogP contribution >= 0.6 is 0 Å². The molecule has 0 saturated carbocycles. The first-order chi connectivity index (χ1) is 17.4. The van der Waals surface area contributed by atoms with Crippen LogP contribution in [-0.2, 0) is 40.1 Å². The molecule has 0 bridgehead atoms. The SMILES string of the molecule is CCS(=O)(=O)c1ccc(CC(=O)Cc2ccc3c(c2)nc(C(C)(C)Oc2ccc(F)c(F)c2)n3C)cc1. The van der Waals surface area contributed by atoms with Crippen LogP contribution in [0.25, 0.3) is 11.0 Å². The number of fused-ring (bicyclic) bond motifs is 1. The number of hydrogen-bond acceptors (Lipinski definition) is 5. The van der Waals surface area contributed by atoms with Gasteiger partial charge in [0.25, 0.3) is 0 Å². The summed E-state index contributed by atoms with van der Waals surface area (Å²) in [6, 6.07) is 15.4. The number of rotatable bonds is 9. The second kappa shape index (κ2) is 10.0. The number of ketones is 1. The Morgan fingerprint density at radius 2 is 1.59 bits per heavy atom. The molecule has 37 heavy (non-hydrogen) atoms. The van der Waals surface area contributed by atoms with E-state index in [-0.39, 0.29) is 35.0 Å². The predicted octanol–water partition coefficient (Wildman–Crippen LogP) is 5.31. The summed E-state index contributed by atoms with van der Waals surface area (Å²) in [6.45, 7) is 5.17. The van der Waals surface area contributed by atoms with Crippen LogP contribution in [0.15, 0.2) is 65.6 Å². The van der Waals surface area contributed by atoms with Gasteiger partial charge < -0.3 is 9.30 Å². The second-order valence-corrected chi connectivity index (χ2v) is 11.7. The standard InChI is InChI=1S/C28H28F2N2O4S/c1-5-37(34,35)22-10-6-18(7-11-22)14-20(33)15-19-8-13-26-25(16-19)31-27(32(26)4)28(2,3)36-21-9-12-23(29)24(30)17-21/h6-13,16-17H,5,14-15H2,1-4H3. The highest BCUT2D eigenvalue weighted by molar-refractivity contribution is 7.91. The molecule has 0 radical (unpaired) electrons. The lowest BCUT2D eigenvalue weighted by atomic mass is 10.0. The minimum Gasteiger partial charge on any atom is -0.480 e. The van der Waals surface area contributed by atoms with Crippen molar-refractivity contribution in [2.75, 3.05) is 5.75 Å². The Bertz CT molecular complexity index is 1580. The molecule has 1 heterocycles. The summed E-state index contributed by atoms with van der Waals surface area (Å²) in [5, 5.41) is 0. The molecule has 0 fully saturated rings. The lowest BCUT2D eigenvalue weighted by molar-refractivity contribution is -0.117. The zero-order valence-corrected chi connectivity index (χ0v) is 21.9. The van der Waals surface area contributed by atoms with E-state index in [1.807, 2.05) is 29.8 Å². The molecule has 0 aliphatic carbocycles. The minimum atomic E-state index is -3.28. The van der Waals surface area contributed by atoms with Crippen LogP contribution in [-0.4, -0.2) is 29.5 Å². The van der Waals surface area contributed by atoms with E-state index in [0.29, 0.717) is 11.3 Å². The van der Waals surface area contributed by atoms with Gasteiger partial charge in [-0.25, -0.2) is 22.2 Å². The van der Waals surface area contributed by atoms with Gasteiger partial charge in [-0.1, -0.05) is 25.1 Å². The highest BCUT2D eigenvalue weighted by Crippen LogP contribution is 2.30. The molecule has 0 spiro atoms. The number of Topliss-reactive ketones (excluding diaryl/α,β-unsaturated/α-hetero) is 1. The van der Waals surface area contributed by atoms with Crippen molar-refractivity contribution >= 4 is 26.7 Å². The maximum Gasteiger partial charge on any atom is 0.178 e. The van der Waals surface area contributed by atoms with Gasteiger partial charge in [0.2, 0.25) is 0 Å². The third-order valence-electron chi connectivity index (χ3n) is 6.21. The summed E-state index contributed by atoms with van der Waals surface area (Å²) < 4.78 is 58.7. The van der Waals surface area contributed by atoms with Crippen LogP contribution in [0.3, 0.4) is 0 Å². The first-order valence-electron chi connectivity index (χ1n) is 11.8. The van der Waals surface area contributed by atoms with Crippen molar-refractivity contribution in [3.63, 3.8) is 0 Å². The van der Waals surface area contributed by atoms with Crippen molar-refractivity contribution < 1.29 is 26.7 Å². The number of nitrogens with zero attached hydrogens (tertiary/aromatic N) is 2. The van der Waals surface area contributed by atoms with Crippen molar-refractivity contribution in [3.05, 3.63) is 89.2 Å². The van der Waals surface area contributed by atoms with Gasteiger partial charge in [-0.3, -0.25) is 4.79 Å². The fourth-order valence-corrected chi connectivity index (χ4v) is 5.16. The summed E-state index contributed by atoms with van der Waals surface area (Å²) in [6.07, 6.45) is 0.388. The topological polar surface area (TPSA) is 78.3 Å². The molecule has 0 amide bonds. The molecule has 0 saturated heterocycles. The molecule has 0 aliphatic rings. The highest BCUT2D eigenvalue weighted by Gasteiger charge is 2.29. The van der Waals surface area contributed by atoms with Crippen LogP contribution in [0.5, 0.6) is 5.75 Å². The van der Waals surface area contributed by atoms with Gasteiger partial charge >= 0.3 is 0 Å². The summed E-state index contributed by atoms with van der Waals surface area (Å²) in [7, 11) is -1.44. The molecule has 9 heteroatoms. The quantitative estimate of drug-likeness (QED) is 0.295. The maximum absolute atomic E-state index is 13.6. The van der Waals surface area contributed by atoms with Crippen LogP contribution in [0.4, 0.5) is 8.78 Å². The van der Waals surface area contributed by atoms with E-state index >= 15 is 0 Å². The van der Waals surface area contributed by atoms with Crippen molar-refractivity contribution in [3.8, 4) is 5.75 Å². The zero-order chi connectivity index (χ0) is 27.0. The van der Waals surface area contributed by atoms with Crippen molar-refractivity contribution in [1.29, 1.82) is 0 Å². The first kappa shape index (κ1) is 26.5. The van der Waals surface area contributed by atoms with Crippen molar-refractivity contribution in [2.24, 2.45) is 7.05 Å². The van der Waals surface area contributed by atoms with E-state index in [9.17, 15) is 22.0 Å². The summed E-state index contributed by atoms with van der Waals surface area (Å²) >= 11 is 0. The van der Waals surface area contributed by atoms with Crippen LogP contribution < -0.4 is 4.74 Å². The molecule has 0 unspecified atom stereocenters. The number of hydrogen-bond donors (Lipinski definition) is 0. The number of aromatic nitrogens is 2. The zero-order valence-electron chi connectivity index (χ0n) is 21.1. The number of halogens is 2. The molecule has 0 atom stereocenters. The van der Waals surface area contributed by atoms with E-state index in [1.165, 1.54) is 18.2 Å². The Morgan fingerprint density at radius 1 is 0.946 bits per heavy atom. The van der Waals surface area contributed by atoms with Gasteiger partial charge in [0.05, 0.1) is 21.7 Å². The van der Waals surface area contributed by atoms with E-state index in [0.717, 1.165) is 28.8 Å². The van der Waals surface area contributed by atoms with E-state index < -0.39 is 27.1 Å². The molecule has 3 aromatic carbocycles. The Morgan fingerprint density at radius 3 is 2.24 bits per heavy atom. The van der Waals surface area contributed by atoms with E-state index in [1.54, 1.807) is 32.9 Å². The third-order valence-corrected chi connectivity index (χ3v) is 7.96. The molecule has 0 N–H and O–H groups in total. The number of carbonyl (C=O) groups excluding carboxylic acids is 1. The summed E-state index contributed by atoms with van der Waals surface area (Å²) in [5.41, 5.74) is 2.11. The monoisotopic (exact) mass is 526 g/mol. The smallest absolute Gasteiger partial charge is 0.178 e. The Balaban J connectivity index is 1.50. The van der Waals surface area contributed by atoms with Crippen molar-refractivity contribution in [1.82, 2.24) is 9.55 Å². The Kier molecular flexibility index (Phi) is 7.19. The maximum atomic E-state index is 13.6. The molecule has 4 aromatic rings. The second-order valence-electron chi connectivity index (χ2n) is 9.45. The average molecular weight is 527 g/mol. The predicted molar refractivity (Wildman–Crippen MR) is 137 cm³/mol. The molecule has 4 rings (SSSR count). The highest BCUT2D eigenvalue weighted by atomic mass is 32.2. The van der Waals surface area contributed by atoms with Crippen LogP contribution in [0.1, 0.15) is 37.7 Å². The number of aryl methyl sites for hydroxylation is 1. The normalized spacial score (nSPS) is 12.2. The molecule has 6 nitrogen and oxygen atoms in total. The Labute approximate surface area is 214 Å². The van der Waals surface area contributed by atoms with Crippen LogP contribution in [0.2, 0.25) is 0 Å². The number of benzene rings is 3. The number of carbonyl (C=O) groups is 1. The molecule has 0 aliphatic heterocycles. The molecule has 194 valence electrons. The van der Waals surface area contributed by atoms with Gasteiger partial charge in [-0.2, -0.15) is 0 Å². The third kappa shape index (κ3) is 5.72. The van der Waals surface area contributed by atoms with Crippen molar-refractivity contribution in [2.45, 2.75) is 44.1 Å². The lowest BCUT2D eigenvalue weighted by Gasteiger charge is -2.26. The van der Waals surface area contributed by atoms with Gasteiger partial charge in [-0.05, 0) is 61.4 Å². The molecule has 1 aromatic heterocycles. The van der Waals surface area contributed by atoms with Gasteiger partial charge in [0, 0.05) is 26.0 Å². The minimum absolute atomic E-state index is 0.0106. The van der Waals surface area contributed by atoms with Gasteiger partial charge in [-0.15, -0.1) is 0 Å². The number of ether oxygens (including phenoxy) is 1. The number of imidazole rings is 1. The summed E-state index contributed by atoms with van der Waals surface area (Å²) in [4.78, 5) is 17.7.